The predicted molar refractivity (Wildman–Crippen MR) is 75.6 cm³/mol. The van der Waals surface area contributed by atoms with Crippen molar-refractivity contribution in [1.29, 1.82) is 0 Å². The molecule has 0 fully saturated rings. The minimum atomic E-state index is 1.01. The third-order valence-electron chi connectivity index (χ3n) is 2.32. The summed E-state index contributed by atoms with van der Waals surface area (Å²) < 4.78 is 0. The summed E-state index contributed by atoms with van der Waals surface area (Å²) in [7, 11) is 0. The maximum atomic E-state index is 4.50. The van der Waals surface area contributed by atoms with Gasteiger partial charge >= 0.3 is 0 Å². The Morgan fingerprint density at radius 2 is 1.69 bits per heavy atom. The van der Waals surface area contributed by atoms with Crippen LogP contribution in [0.2, 0.25) is 0 Å². The Labute approximate surface area is 114 Å². The summed E-state index contributed by atoms with van der Waals surface area (Å²) >= 11 is 12.4. The van der Waals surface area contributed by atoms with Crippen molar-refractivity contribution in [3.8, 4) is 0 Å². The first kappa shape index (κ1) is 11.0. The van der Waals surface area contributed by atoms with Crippen LogP contribution in [-0.4, -0.2) is 0 Å². The lowest BCUT2D eigenvalue weighted by Gasteiger charge is -2.19. The Hall–Kier alpha value is -0.160. The molecule has 80 valence electrons. The van der Waals surface area contributed by atoms with Crippen LogP contribution in [-0.2, 0) is 0 Å². The Morgan fingerprint density at radius 3 is 2.56 bits per heavy atom. The van der Waals surface area contributed by atoms with Crippen LogP contribution >= 0.6 is 48.8 Å². The van der Waals surface area contributed by atoms with Crippen molar-refractivity contribution in [2.45, 2.75) is 29.4 Å². The molecular formula is C12H8S4. The predicted octanol–water partition coefficient (Wildman–Crippen LogP) is 4.88. The van der Waals surface area contributed by atoms with Crippen LogP contribution in [0.15, 0.2) is 65.8 Å². The molecule has 0 unspecified atom stereocenters. The summed E-state index contributed by atoms with van der Waals surface area (Å²) in [6, 6.07) is 12.5. The van der Waals surface area contributed by atoms with Gasteiger partial charge in [0.2, 0.25) is 0 Å². The van der Waals surface area contributed by atoms with Gasteiger partial charge < -0.3 is 0 Å². The molecule has 0 amide bonds. The molecule has 4 heteroatoms. The SMILES string of the molecule is Sc1ccc2c(c1)Sc1cccc(S)c1S2. The zero-order chi connectivity index (χ0) is 11.1. The third-order valence-corrected chi connectivity index (χ3v) is 5.72. The van der Waals surface area contributed by atoms with Gasteiger partial charge in [0.05, 0.1) is 0 Å². The molecule has 0 atom stereocenters. The van der Waals surface area contributed by atoms with E-state index in [1.165, 1.54) is 19.6 Å². The summed E-state index contributed by atoms with van der Waals surface area (Å²) in [6.07, 6.45) is 0. The second-order valence-electron chi connectivity index (χ2n) is 3.44. The van der Waals surface area contributed by atoms with Crippen molar-refractivity contribution in [3.63, 3.8) is 0 Å². The fourth-order valence-corrected chi connectivity index (χ4v) is 4.58. The van der Waals surface area contributed by atoms with Gasteiger partial charge in [0.1, 0.15) is 0 Å². The van der Waals surface area contributed by atoms with Gasteiger partial charge in [0.25, 0.3) is 0 Å². The van der Waals surface area contributed by atoms with Gasteiger partial charge in [0, 0.05) is 29.4 Å². The van der Waals surface area contributed by atoms with Crippen molar-refractivity contribution in [2.75, 3.05) is 0 Å². The van der Waals surface area contributed by atoms with Gasteiger partial charge in [0.15, 0.2) is 0 Å². The highest BCUT2D eigenvalue weighted by atomic mass is 32.2. The molecule has 0 radical (unpaired) electrons. The van der Waals surface area contributed by atoms with Crippen molar-refractivity contribution < 1.29 is 0 Å². The summed E-state index contributed by atoms with van der Waals surface area (Å²) in [4.78, 5) is 7.17. The maximum Gasteiger partial charge on any atom is 0.0395 e. The number of fused-ring (bicyclic) bond motifs is 2. The van der Waals surface area contributed by atoms with Crippen LogP contribution < -0.4 is 0 Å². The third kappa shape index (κ3) is 1.88. The van der Waals surface area contributed by atoms with Gasteiger partial charge in [-0.1, -0.05) is 29.6 Å². The van der Waals surface area contributed by atoms with Crippen LogP contribution in [0.4, 0.5) is 0 Å². The number of benzene rings is 2. The van der Waals surface area contributed by atoms with Crippen molar-refractivity contribution in [2.24, 2.45) is 0 Å². The zero-order valence-electron chi connectivity index (χ0n) is 8.18. The van der Waals surface area contributed by atoms with Crippen LogP contribution in [0.3, 0.4) is 0 Å². The first-order chi connectivity index (χ1) is 7.74. The molecule has 0 aliphatic carbocycles. The van der Waals surface area contributed by atoms with Crippen molar-refractivity contribution in [3.05, 3.63) is 36.4 Å². The Bertz CT molecular complexity index is 563. The van der Waals surface area contributed by atoms with E-state index in [4.69, 9.17) is 0 Å². The van der Waals surface area contributed by atoms with Gasteiger partial charge in [-0.25, -0.2) is 0 Å². The molecule has 0 saturated carbocycles. The molecule has 1 aliphatic heterocycles. The van der Waals surface area contributed by atoms with E-state index in [0.717, 1.165) is 9.79 Å². The molecule has 0 saturated heterocycles. The largest absolute Gasteiger partial charge is 0.143 e. The molecule has 0 nitrogen and oxygen atoms in total. The van der Waals surface area contributed by atoms with Gasteiger partial charge in [-0.05, 0) is 30.3 Å². The van der Waals surface area contributed by atoms with E-state index in [-0.39, 0.29) is 0 Å². The highest BCUT2D eigenvalue weighted by molar-refractivity contribution is 8.05. The van der Waals surface area contributed by atoms with E-state index >= 15 is 0 Å². The highest BCUT2D eigenvalue weighted by Gasteiger charge is 2.18. The minimum absolute atomic E-state index is 1.01. The monoisotopic (exact) mass is 280 g/mol. The average molecular weight is 280 g/mol. The smallest absolute Gasteiger partial charge is 0.0395 e. The normalized spacial score (nSPS) is 13.1. The van der Waals surface area contributed by atoms with Gasteiger partial charge in [-0.2, -0.15) is 0 Å². The minimum Gasteiger partial charge on any atom is -0.143 e. The number of thiol groups is 2. The molecule has 0 bridgehead atoms. The number of hydrogen-bond donors (Lipinski definition) is 2. The van der Waals surface area contributed by atoms with Gasteiger partial charge in [-0.3, -0.25) is 0 Å². The molecule has 16 heavy (non-hydrogen) atoms. The first-order valence-electron chi connectivity index (χ1n) is 4.75. The van der Waals surface area contributed by atoms with Crippen LogP contribution in [0.1, 0.15) is 0 Å². The summed E-state index contributed by atoms with van der Waals surface area (Å²) in [5.74, 6) is 0. The van der Waals surface area contributed by atoms with E-state index in [2.05, 4.69) is 43.5 Å². The Morgan fingerprint density at radius 1 is 0.812 bits per heavy atom. The van der Waals surface area contributed by atoms with Crippen LogP contribution in [0.5, 0.6) is 0 Å². The standard InChI is InChI=1S/C12H8S4/c13-7-4-5-9-11(6-7)15-10-3-1-2-8(14)12(10)16-9/h1-6,13-14H. The molecule has 0 aromatic heterocycles. The zero-order valence-corrected chi connectivity index (χ0v) is 11.6. The first-order valence-corrected chi connectivity index (χ1v) is 7.27. The summed E-state index contributed by atoms with van der Waals surface area (Å²) in [5.41, 5.74) is 0. The van der Waals surface area contributed by atoms with E-state index in [0.29, 0.717) is 0 Å². The Balaban J connectivity index is 2.13. The lowest BCUT2D eigenvalue weighted by atomic mass is 10.3. The molecule has 2 aromatic rings. The highest BCUT2D eigenvalue weighted by Crippen LogP contribution is 2.50. The molecule has 0 spiro atoms. The van der Waals surface area contributed by atoms with Crippen molar-refractivity contribution >= 4 is 48.8 Å². The fourth-order valence-electron chi connectivity index (χ4n) is 1.58. The number of hydrogen-bond acceptors (Lipinski definition) is 4. The molecule has 1 aliphatic rings. The van der Waals surface area contributed by atoms with E-state index in [1.807, 2.05) is 18.2 Å². The van der Waals surface area contributed by atoms with E-state index < -0.39 is 0 Å². The van der Waals surface area contributed by atoms with E-state index in [9.17, 15) is 0 Å². The summed E-state index contributed by atoms with van der Waals surface area (Å²) in [6.45, 7) is 0. The average Bonchev–Trinajstić information content (AvgIpc) is 2.27. The second kappa shape index (κ2) is 4.26. The molecule has 1 heterocycles. The van der Waals surface area contributed by atoms with Crippen LogP contribution in [0, 0.1) is 0 Å². The lowest BCUT2D eigenvalue weighted by molar-refractivity contribution is 1.07. The maximum absolute atomic E-state index is 4.50. The van der Waals surface area contributed by atoms with Crippen molar-refractivity contribution in [1.82, 2.24) is 0 Å². The summed E-state index contributed by atoms with van der Waals surface area (Å²) in [5, 5.41) is 0. The second-order valence-corrected chi connectivity index (χ2v) is 6.57. The molecule has 3 rings (SSSR count). The quantitative estimate of drug-likeness (QED) is 0.563. The number of rotatable bonds is 0. The van der Waals surface area contributed by atoms with Crippen LogP contribution in [0.25, 0.3) is 0 Å². The fraction of sp³-hybridized carbons (Fsp3) is 0. The molecule has 0 N–H and O–H groups in total. The van der Waals surface area contributed by atoms with E-state index in [1.54, 1.807) is 23.5 Å². The molecular weight excluding hydrogens is 272 g/mol. The van der Waals surface area contributed by atoms with Gasteiger partial charge in [-0.15, -0.1) is 25.3 Å². The lowest BCUT2D eigenvalue weighted by Crippen LogP contribution is -1.90. The molecule has 2 aromatic carbocycles. The Kier molecular flexibility index (Phi) is 2.92. The topological polar surface area (TPSA) is 0 Å².